The first kappa shape index (κ1) is 13.4. The average molecular weight is 285 g/mol. The highest BCUT2D eigenvalue weighted by Crippen LogP contribution is 2.35. The molecule has 1 aliphatic rings. The van der Waals surface area contributed by atoms with Gasteiger partial charge < -0.3 is 15.8 Å². The Labute approximate surface area is 122 Å². The fourth-order valence-corrected chi connectivity index (χ4v) is 2.23. The third kappa shape index (κ3) is 2.81. The van der Waals surface area contributed by atoms with Crippen molar-refractivity contribution in [1.82, 2.24) is 0 Å². The van der Waals surface area contributed by atoms with Gasteiger partial charge in [-0.25, -0.2) is 9.38 Å². The number of hydrogen-bond donors (Lipinski definition) is 2. The van der Waals surface area contributed by atoms with E-state index in [0.29, 0.717) is 28.6 Å². The number of anilines is 2. The summed E-state index contributed by atoms with van der Waals surface area (Å²) in [5, 5.41) is 3.13. The quantitative estimate of drug-likeness (QED) is 0.827. The first-order chi connectivity index (χ1) is 10.2. The number of fused-ring (bicyclic) bond motifs is 1. The Morgan fingerprint density at radius 2 is 2.14 bits per heavy atom. The summed E-state index contributed by atoms with van der Waals surface area (Å²) in [5.41, 5.74) is 7.76. The Morgan fingerprint density at radius 3 is 2.90 bits per heavy atom. The van der Waals surface area contributed by atoms with Crippen molar-refractivity contribution in [1.29, 1.82) is 0 Å². The molecule has 3 N–H and O–H groups in total. The van der Waals surface area contributed by atoms with Gasteiger partial charge in [-0.2, -0.15) is 0 Å². The molecule has 0 aliphatic carbocycles. The van der Waals surface area contributed by atoms with Crippen LogP contribution < -0.4 is 15.8 Å². The summed E-state index contributed by atoms with van der Waals surface area (Å²) in [6.45, 7) is 2.00. The van der Waals surface area contributed by atoms with Crippen molar-refractivity contribution in [3.8, 4) is 5.75 Å². The largest absolute Gasteiger partial charge is 0.480 e. The van der Waals surface area contributed by atoms with Crippen LogP contribution in [0.4, 0.5) is 21.5 Å². The van der Waals surface area contributed by atoms with Crippen LogP contribution in [0.15, 0.2) is 47.5 Å². The number of nitrogens with two attached hydrogens (primary N) is 1. The minimum Gasteiger partial charge on any atom is -0.480 e. The second-order valence-corrected chi connectivity index (χ2v) is 4.87. The lowest BCUT2D eigenvalue weighted by Crippen LogP contribution is -2.34. The molecule has 0 aromatic heterocycles. The van der Waals surface area contributed by atoms with Gasteiger partial charge in [0.15, 0.2) is 6.10 Å². The molecule has 2 aromatic rings. The molecule has 1 atom stereocenters. The van der Waals surface area contributed by atoms with Crippen LogP contribution in [-0.2, 0) is 0 Å². The van der Waals surface area contributed by atoms with Crippen molar-refractivity contribution < 1.29 is 9.13 Å². The number of amidine groups is 1. The van der Waals surface area contributed by atoms with Gasteiger partial charge in [-0.15, -0.1) is 0 Å². The summed E-state index contributed by atoms with van der Waals surface area (Å²) in [6.07, 6.45) is 0.539. The van der Waals surface area contributed by atoms with Crippen molar-refractivity contribution >= 4 is 22.9 Å². The van der Waals surface area contributed by atoms with E-state index in [9.17, 15) is 4.39 Å². The highest BCUT2D eigenvalue weighted by molar-refractivity contribution is 6.01. The van der Waals surface area contributed by atoms with Crippen molar-refractivity contribution in [2.24, 2.45) is 4.99 Å². The van der Waals surface area contributed by atoms with E-state index < -0.39 is 0 Å². The summed E-state index contributed by atoms with van der Waals surface area (Å²) in [6, 6.07) is 11.6. The predicted molar refractivity (Wildman–Crippen MR) is 82.7 cm³/mol. The number of nitrogens with one attached hydrogen (secondary N) is 1. The molecule has 3 rings (SSSR count). The SMILES string of the molecule is CCC1Oc2cc(N)ccc2N=C1Nc1cccc(F)c1. The Kier molecular flexibility index (Phi) is 3.48. The van der Waals surface area contributed by atoms with E-state index in [-0.39, 0.29) is 11.9 Å². The van der Waals surface area contributed by atoms with Crippen LogP contribution in [0.1, 0.15) is 13.3 Å². The maximum Gasteiger partial charge on any atom is 0.156 e. The van der Waals surface area contributed by atoms with E-state index in [1.165, 1.54) is 12.1 Å². The third-order valence-corrected chi connectivity index (χ3v) is 3.27. The Morgan fingerprint density at radius 1 is 1.29 bits per heavy atom. The summed E-state index contributed by atoms with van der Waals surface area (Å²) in [4.78, 5) is 4.57. The Bertz CT molecular complexity index is 700. The first-order valence-electron chi connectivity index (χ1n) is 6.83. The van der Waals surface area contributed by atoms with Crippen LogP contribution in [0.5, 0.6) is 5.75 Å². The summed E-state index contributed by atoms with van der Waals surface area (Å²) >= 11 is 0. The maximum absolute atomic E-state index is 13.3. The molecule has 0 bridgehead atoms. The lowest BCUT2D eigenvalue weighted by atomic mass is 10.1. The Balaban J connectivity index is 1.94. The molecule has 0 amide bonds. The van der Waals surface area contributed by atoms with Gasteiger partial charge in [0.25, 0.3) is 0 Å². The van der Waals surface area contributed by atoms with Crippen molar-refractivity contribution in [2.45, 2.75) is 19.4 Å². The van der Waals surface area contributed by atoms with E-state index in [1.807, 2.05) is 13.0 Å². The van der Waals surface area contributed by atoms with E-state index in [4.69, 9.17) is 10.5 Å². The fraction of sp³-hybridized carbons (Fsp3) is 0.188. The highest BCUT2D eigenvalue weighted by Gasteiger charge is 2.23. The minimum atomic E-state index is -0.293. The van der Waals surface area contributed by atoms with Crippen LogP contribution in [0.3, 0.4) is 0 Å². The molecule has 0 spiro atoms. The maximum atomic E-state index is 13.3. The molecule has 4 nitrogen and oxygen atoms in total. The molecule has 108 valence electrons. The summed E-state index contributed by atoms with van der Waals surface area (Å²) in [5.74, 6) is 1.05. The van der Waals surface area contributed by atoms with Crippen LogP contribution in [0.25, 0.3) is 0 Å². The van der Waals surface area contributed by atoms with Crippen LogP contribution >= 0.6 is 0 Å². The van der Waals surface area contributed by atoms with Crippen molar-refractivity contribution in [3.63, 3.8) is 0 Å². The molecule has 0 saturated heterocycles. The zero-order chi connectivity index (χ0) is 14.8. The second-order valence-electron chi connectivity index (χ2n) is 4.87. The number of rotatable bonds is 2. The van der Waals surface area contributed by atoms with Crippen LogP contribution in [0, 0.1) is 5.82 Å². The van der Waals surface area contributed by atoms with E-state index in [0.717, 1.165) is 6.42 Å². The van der Waals surface area contributed by atoms with Gasteiger partial charge in [0.2, 0.25) is 0 Å². The standard InChI is InChI=1S/C16H16FN3O/c1-2-14-16(19-12-5-3-4-10(17)8-12)20-13-7-6-11(18)9-15(13)21-14/h3-9,14H,2,18H2,1H3,(H,19,20). The predicted octanol–water partition coefficient (Wildman–Crippen LogP) is 3.72. The molecule has 0 saturated carbocycles. The number of nitrogen functional groups attached to an aromatic ring is 1. The molecular weight excluding hydrogens is 269 g/mol. The van der Waals surface area contributed by atoms with Gasteiger partial charge in [-0.1, -0.05) is 13.0 Å². The molecule has 0 radical (unpaired) electrons. The fourth-order valence-electron chi connectivity index (χ4n) is 2.23. The molecule has 1 unspecified atom stereocenters. The highest BCUT2D eigenvalue weighted by atomic mass is 19.1. The van der Waals surface area contributed by atoms with Gasteiger partial charge in [0, 0.05) is 17.4 Å². The van der Waals surface area contributed by atoms with E-state index in [1.54, 1.807) is 24.3 Å². The first-order valence-corrected chi connectivity index (χ1v) is 6.83. The number of benzene rings is 2. The lowest BCUT2D eigenvalue weighted by molar-refractivity contribution is 0.259. The number of halogens is 1. The van der Waals surface area contributed by atoms with Crippen LogP contribution in [0.2, 0.25) is 0 Å². The monoisotopic (exact) mass is 285 g/mol. The number of nitrogens with zero attached hydrogens (tertiary/aromatic N) is 1. The number of aliphatic imine (C=N–C) groups is 1. The lowest BCUT2D eigenvalue weighted by Gasteiger charge is -2.26. The second kappa shape index (κ2) is 5.44. The van der Waals surface area contributed by atoms with E-state index >= 15 is 0 Å². The summed E-state index contributed by atoms with van der Waals surface area (Å²) < 4.78 is 19.2. The number of hydrogen-bond acceptors (Lipinski definition) is 4. The minimum absolute atomic E-state index is 0.206. The molecule has 2 aromatic carbocycles. The molecular formula is C16H16FN3O. The molecule has 5 heteroatoms. The summed E-state index contributed by atoms with van der Waals surface area (Å²) in [7, 11) is 0. The molecule has 1 aliphatic heterocycles. The normalized spacial score (nSPS) is 16.7. The van der Waals surface area contributed by atoms with Gasteiger partial charge >= 0.3 is 0 Å². The average Bonchev–Trinajstić information content (AvgIpc) is 2.47. The molecule has 0 fully saturated rings. The number of ether oxygens (including phenoxy) is 1. The van der Waals surface area contributed by atoms with Crippen LogP contribution in [-0.4, -0.2) is 11.9 Å². The van der Waals surface area contributed by atoms with Crippen molar-refractivity contribution in [3.05, 3.63) is 48.3 Å². The topological polar surface area (TPSA) is 59.6 Å². The molecule has 1 heterocycles. The van der Waals surface area contributed by atoms with E-state index in [2.05, 4.69) is 10.3 Å². The van der Waals surface area contributed by atoms with Gasteiger partial charge in [-0.05, 0) is 36.8 Å². The zero-order valence-corrected chi connectivity index (χ0v) is 11.6. The zero-order valence-electron chi connectivity index (χ0n) is 11.6. The Hall–Kier alpha value is -2.56. The van der Waals surface area contributed by atoms with Gasteiger partial charge in [0.1, 0.15) is 23.1 Å². The molecule has 21 heavy (non-hydrogen) atoms. The smallest absolute Gasteiger partial charge is 0.156 e. The van der Waals surface area contributed by atoms with Crippen molar-refractivity contribution in [2.75, 3.05) is 11.1 Å². The van der Waals surface area contributed by atoms with Gasteiger partial charge in [0.05, 0.1) is 0 Å². The third-order valence-electron chi connectivity index (χ3n) is 3.27. The van der Waals surface area contributed by atoms with Gasteiger partial charge in [-0.3, -0.25) is 0 Å².